The van der Waals surface area contributed by atoms with Crippen LogP contribution in [0.25, 0.3) is 0 Å². The number of aliphatic hydroxyl groups is 4. The molecule has 0 aromatic rings. The number of rotatable bonds is 4. The first-order chi connectivity index (χ1) is 20.4. The number of carboxylic acids is 1. The molecule has 6 rings (SSSR count). The maximum absolute atomic E-state index is 12.9. The molecule has 8 heteroatoms. The molecule has 13 atom stereocenters. The van der Waals surface area contributed by atoms with Gasteiger partial charge in [-0.3, -0.25) is 4.79 Å². The molecule has 1 aliphatic heterocycles. The van der Waals surface area contributed by atoms with E-state index >= 15 is 0 Å². The maximum atomic E-state index is 12.9. The summed E-state index contributed by atoms with van der Waals surface area (Å²) in [7, 11) is 0. The molecule has 6 aliphatic rings. The molecule has 44 heavy (non-hydrogen) atoms. The van der Waals surface area contributed by atoms with Gasteiger partial charge in [-0.25, -0.2) is 0 Å². The van der Waals surface area contributed by atoms with Crippen LogP contribution < -0.4 is 0 Å². The first kappa shape index (κ1) is 32.9. The highest BCUT2D eigenvalue weighted by Gasteiger charge is 2.69. The summed E-state index contributed by atoms with van der Waals surface area (Å²) in [5.41, 5.74) is 0.809. The van der Waals surface area contributed by atoms with E-state index in [-0.39, 0.29) is 39.1 Å². The van der Waals surface area contributed by atoms with Gasteiger partial charge in [0, 0.05) is 0 Å². The predicted octanol–water partition coefficient (Wildman–Crippen LogP) is 5.06. The SMILES string of the molecule is CC1(C)CC[C@]2(C(=O)O)CC[C@]3(C)C(=CC[C@@H]4[C@@]5(C)CC[C@H](O[C@@H]6O[C@H](CO)[C@H](O)[C@H](O)[C@H]6O)C(C)(C)[C@@H]5CC[C@]43C)[C@@H]2C1. The van der Waals surface area contributed by atoms with Crippen molar-refractivity contribution in [3.05, 3.63) is 11.6 Å². The van der Waals surface area contributed by atoms with Gasteiger partial charge in [0.05, 0.1) is 18.1 Å². The molecule has 5 N–H and O–H groups in total. The molecular formula is C36H58O8. The van der Waals surface area contributed by atoms with Gasteiger partial charge < -0.3 is 35.0 Å². The van der Waals surface area contributed by atoms with E-state index in [4.69, 9.17) is 9.47 Å². The minimum absolute atomic E-state index is 0.0330. The average molecular weight is 619 g/mol. The summed E-state index contributed by atoms with van der Waals surface area (Å²) in [5, 5.41) is 51.7. The van der Waals surface area contributed by atoms with Crippen molar-refractivity contribution in [2.45, 2.75) is 149 Å². The number of fused-ring (bicyclic) bond motifs is 7. The fourth-order valence-corrected chi connectivity index (χ4v) is 12.2. The highest BCUT2D eigenvalue weighted by molar-refractivity contribution is 5.76. The van der Waals surface area contributed by atoms with Crippen molar-refractivity contribution >= 4 is 5.97 Å². The minimum Gasteiger partial charge on any atom is -0.481 e. The Morgan fingerprint density at radius 2 is 1.57 bits per heavy atom. The first-order valence-electron chi connectivity index (χ1n) is 17.3. The van der Waals surface area contributed by atoms with Crippen molar-refractivity contribution < 1.29 is 39.8 Å². The molecule has 1 saturated heterocycles. The Bertz CT molecular complexity index is 1180. The van der Waals surface area contributed by atoms with Crippen molar-refractivity contribution in [1.82, 2.24) is 0 Å². The van der Waals surface area contributed by atoms with Crippen molar-refractivity contribution in [3.63, 3.8) is 0 Å². The zero-order valence-electron chi connectivity index (χ0n) is 28.0. The molecule has 250 valence electrons. The van der Waals surface area contributed by atoms with E-state index in [9.17, 15) is 30.3 Å². The van der Waals surface area contributed by atoms with Gasteiger partial charge in [0.1, 0.15) is 24.4 Å². The van der Waals surface area contributed by atoms with Crippen LogP contribution in [0.4, 0.5) is 0 Å². The molecule has 0 spiro atoms. The molecule has 0 amide bonds. The Balaban J connectivity index is 1.29. The summed E-state index contributed by atoms with van der Waals surface area (Å²) in [5.74, 6) is 0.336. The van der Waals surface area contributed by atoms with Crippen LogP contribution in [-0.4, -0.2) is 74.9 Å². The molecule has 0 radical (unpaired) electrons. The number of carbonyl (C=O) groups is 1. The number of hydrogen-bond donors (Lipinski definition) is 5. The topological polar surface area (TPSA) is 137 Å². The summed E-state index contributed by atoms with van der Waals surface area (Å²) >= 11 is 0. The Labute approximate surface area is 263 Å². The van der Waals surface area contributed by atoms with E-state index in [1.807, 2.05) is 0 Å². The maximum Gasteiger partial charge on any atom is 0.310 e. The van der Waals surface area contributed by atoms with Gasteiger partial charge in [-0.15, -0.1) is 0 Å². The Morgan fingerprint density at radius 1 is 0.886 bits per heavy atom. The van der Waals surface area contributed by atoms with Crippen LogP contribution in [0.5, 0.6) is 0 Å². The van der Waals surface area contributed by atoms with E-state index in [1.54, 1.807) is 0 Å². The third-order valence-corrected chi connectivity index (χ3v) is 15.1. The lowest BCUT2D eigenvalue weighted by Gasteiger charge is -2.71. The summed E-state index contributed by atoms with van der Waals surface area (Å²) < 4.78 is 12.2. The lowest BCUT2D eigenvalue weighted by Crippen LogP contribution is -2.66. The van der Waals surface area contributed by atoms with Crippen LogP contribution >= 0.6 is 0 Å². The van der Waals surface area contributed by atoms with E-state index in [2.05, 4.69) is 54.5 Å². The third kappa shape index (κ3) is 4.40. The molecule has 0 aromatic heterocycles. The highest BCUT2D eigenvalue weighted by Crippen LogP contribution is 2.76. The zero-order valence-corrected chi connectivity index (χ0v) is 28.0. The molecule has 5 fully saturated rings. The molecule has 8 nitrogen and oxygen atoms in total. The van der Waals surface area contributed by atoms with Crippen molar-refractivity contribution in [2.24, 2.45) is 50.2 Å². The second-order valence-corrected chi connectivity index (χ2v) is 17.9. The molecule has 1 heterocycles. The van der Waals surface area contributed by atoms with E-state index in [1.165, 1.54) is 5.57 Å². The number of allylic oxidation sites excluding steroid dienone is 2. The second-order valence-electron chi connectivity index (χ2n) is 17.9. The van der Waals surface area contributed by atoms with Crippen LogP contribution in [0.1, 0.15) is 113 Å². The van der Waals surface area contributed by atoms with Crippen LogP contribution in [0.15, 0.2) is 11.6 Å². The number of hydrogen-bond acceptors (Lipinski definition) is 7. The van der Waals surface area contributed by atoms with Crippen molar-refractivity contribution in [1.29, 1.82) is 0 Å². The van der Waals surface area contributed by atoms with Crippen molar-refractivity contribution in [3.8, 4) is 0 Å². The average Bonchev–Trinajstić information content (AvgIpc) is 2.94. The Morgan fingerprint density at radius 3 is 2.23 bits per heavy atom. The molecule has 0 aromatic carbocycles. The highest BCUT2D eigenvalue weighted by atomic mass is 16.7. The standard InChI is InChI=1S/C36H58O8/c1-31(2)14-16-36(30(41)42)17-15-34(6)20(21(36)18-31)8-9-24-33(5)12-11-25(32(3,4)23(33)10-13-35(24,34)7)44-29-28(40)27(39)26(38)22(19-37)43-29/h8,21-29,37-40H,9-19H2,1-7H3,(H,41,42)/t21-,22+,23-,24+,25-,26-,27-,28+,29-,33-,34+,35+,36-/m0/s1. The summed E-state index contributed by atoms with van der Waals surface area (Å²) in [4.78, 5) is 12.9. The van der Waals surface area contributed by atoms with Gasteiger partial charge in [-0.2, -0.15) is 0 Å². The number of aliphatic hydroxyl groups excluding tert-OH is 4. The Kier molecular flexibility index (Phi) is 7.84. The van der Waals surface area contributed by atoms with Crippen LogP contribution in [0.3, 0.4) is 0 Å². The molecular weight excluding hydrogens is 560 g/mol. The summed E-state index contributed by atoms with van der Waals surface area (Å²) in [6.45, 7) is 16.2. The summed E-state index contributed by atoms with van der Waals surface area (Å²) in [6.07, 6.45) is 5.19. The fourth-order valence-electron chi connectivity index (χ4n) is 12.2. The summed E-state index contributed by atoms with van der Waals surface area (Å²) in [6, 6.07) is 0. The van der Waals surface area contributed by atoms with E-state index < -0.39 is 48.7 Å². The van der Waals surface area contributed by atoms with Gasteiger partial charge in [-0.05, 0) is 109 Å². The van der Waals surface area contributed by atoms with Gasteiger partial charge in [0.2, 0.25) is 0 Å². The molecule has 0 bridgehead atoms. The third-order valence-electron chi connectivity index (χ3n) is 15.1. The smallest absolute Gasteiger partial charge is 0.310 e. The predicted molar refractivity (Wildman–Crippen MR) is 165 cm³/mol. The monoisotopic (exact) mass is 618 g/mol. The number of aliphatic carboxylic acids is 1. The van der Waals surface area contributed by atoms with E-state index in [0.29, 0.717) is 11.8 Å². The molecule has 0 unspecified atom stereocenters. The largest absolute Gasteiger partial charge is 0.481 e. The zero-order chi connectivity index (χ0) is 32.3. The lowest BCUT2D eigenvalue weighted by atomic mass is 9.33. The molecule has 4 saturated carbocycles. The minimum atomic E-state index is -1.45. The second kappa shape index (κ2) is 10.5. The van der Waals surface area contributed by atoms with Gasteiger partial charge >= 0.3 is 5.97 Å². The van der Waals surface area contributed by atoms with Gasteiger partial charge in [-0.1, -0.05) is 60.1 Å². The van der Waals surface area contributed by atoms with Gasteiger partial charge in [0.15, 0.2) is 6.29 Å². The van der Waals surface area contributed by atoms with E-state index in [0.717, 1.165) is 64.2 Å². The molecule has 5 aliphatic carbocycles. The van der Waals surface area contributed by atoms with Crippen LogP contribution in [0, 0.1) is 50.2 Å². The lowest BCUT2D eigenvalue weighted by molar-refractivity contribution is -0.330. The fraction of sp³-hybridized carbons (Fsp3) is 0.917. The number of ether oxygens (including phenoxy) is 2. The van der Waals surface area contributed by atoms with Crippen LogP contribution in [0.2, 0.25) is 0 Å². The number of carboxylic acid groups (broad SMARTS) is 1. The Hall–Kier alpha value is -1.03. The van der Waals surface area contributed by atoms with Crippen LogP contribution in [-0.2, 0) is 14.3 Å². The normalized spacial score (nSPS) is 52.9. The first-order valence-corrected chi connectivity index (χ1v) is 17.3. The quantitative estimate of drug-likeness (QED) is 0.218. The van der Waals surface area contributed by atoms with Gasteiger partial charge in [0.25, 0.3) is 0 Å². The van der Waals surface area contributed by atoms with Crippen molar-refractivity contribution in [2.75, 3.05) is 6.61 Å².